The molecule has 1 aromatic heterocycles. The molecule has 0 atom stereocenters. The zero-order valence-electron chi connectivity index (χ0n) is 17.5. The fraction of sp³-hybridized carbons (Fsp3) is 0.167. The molecule has 0 saturated heterocycles. The minimum Gasteiger partial charge on any atom is -0.497 e. The number of aromatic nitrogens is 3. The first-order valence-electron chi connectivity index (χ1n) is 9.70. The predicted molar refractivity (Wildman–Crippen MR) is 121 cm³/mol. The average Bonchev–Trinajstić information content (AvgIpc) is 3.23. The summed E-state index contributed by atoms with van der Waals surface area (Å²) in [4.78, 5) is 0. The molecule has 0 aliphatic heterocycles. The summed E-state index contributed by atoms with van der Waals surface area (Å²) in [5.74, 6) is 2.43. The van der Waals surface area contributed by atoms with Gasteiger partial charge in [-0.25, -0.2) is 4.39 Å². The van der Waals surface area contributed by atoms with Crippen molar-refractivity contribution in [1.82, 2.24) is 14.8 Å². The van der Waals surface area contributed by atoms with Crippen LogP contribution in [0.5, 0.6) is 11.5 Å². The molecular formula is C24H22FN3O2S. The number of nitrogens with zero attached hydrogens (tertiary/aromatic N) is 3. The molecule has 5 nitrogen and oxygen atoms in total. The summed E-state index contributed by atoms with van der Waals surface area (Å²) in [6.45, 7) is 2.05. The summed E-state index contributed by atoms with van der Waals surface area (Å²) in [6.07, 6.45) is 0. The van der Waals surface area contributed by atoms with E-state index in [2.05, 4.69) is 22.3 Å². The zero-order chi connectivity index (χ0) is 21.8. The molecule has 4 rings (SSSR count). The van der Waals surface area contributed by atoms with Crippen molar-refractivity contribution >= 4 is 11.8 Å². The Bertz CT molecular complexity index is 1150. The Morgan fingerprint density at radius 2 is 1.52 bits per heavy atom. The van der Waals surface area contributed by atoms with Gasteiger partial charge in [-0.3, -0.25) is 4.57 Å². The van der Waals surface area contributed by atoms with Crippen molar-refractivity contribution in [3.63, 3.8) is 0 Å². The quantitative estimate of drug-likeness (QED) is 0.349. The Hall–Kier alpha value is -3.32. The number of aryl methyl sites for hydroxylation is 1. The predicted octanol–water partition coefficient (Wildman–Crippen LogP) is 5.69. The van der Waals surface area contributed by atoms with Gasteiger partial charge in [-0.2, -0.15) is 0 Å². The van der Waals surface area contributed by atoms with E-state index in [-0.39, 0.29) is 5.82 Å². The monoisotopic (exact) mass is 435 g/mol. The van der Waals surface area contributed by atoms with Gasteiger partial charge < -0.3 is 9.47 Å². The molecule has 158 valence electrons. The summed E-state index contributed by atoms with van der Waals surface area (Å²) in [6, 6.07) is 20.3. The van der Waals surface area contributed by atoms with E-state index < -0.39 is 0 Å². The molecule has 0 unspecified atom stereocenters. The number of rotatable bonds is 7. The van der Waals surface area contributed by atoms with E-state index in [1.54, 1.807) is 38.1 Å². The molecule has 0 spiro atoms. The van der Waals surface area contributed by atoms with Gasteiger partial charge in [0.15, 0.2) is 11.0 Å². The fourth-order valence-corrected chi connectivity index (χ4v) is 4.05. The molecule has 31 heavy (non-hydrogen) atoms. The maximum atomic E-state index is 13.2. The molecular weight excluding hydrogens is 413 g/mol. The summed E-state index contributed by atoms with van der Waals surface area (Å²) < 4.78 is 26.1. The molecule has 3 aromatic carbocycles. The van der Waals surface area contributed by atoms with E-state index in [0.717, 1.165) is 22.0 Å². The third-order valence-corrected chi connectivity index (χ3v) is 5.82. The van der Waals surface area contributed by atoms with Gasteiger partial charge in [0.05, 0.1) is 14.2 Å². The highest BCUT2D eigenvalue weighted by Crippen LogP contribution is 2.33. The Morgan fingerprint density at radius 3 is 2.13 bits per heavy atom. The number of hydrogen-bond acceptors (Lipinski definition) is 5. The van der Waals surface area contributed by atoms with E-state index in [4.69, 9.17) is 9.47 Å². The minimum absolute atomic E-state index is 0.245. The third-order valence-electron chi connectivity index (χ3n) is 4.82. The third kappa shape index (κ3) is 4.72. The highest BCUT2D eigenvalue weighted by molar-refractivity contribution is 7.98. The van der Waals surface area contributed by atoms with Gasteiger partial charge in [-0.1, -0.05) is 41.6 Å². The standard InChI is InChI=1S/C24H22FN3O2S/c1-16-4-10-20(11-5-16)28-23(18-12-21(29-2)14-22(13-18)30-3)26-27-24(28)31-15-17-6-8-19(25)9-7-17/h4-14H,15H2,1-3H3. The van der Waals surface area contributed by atoms with Crippen molar-refractivity contribution in [2.75, 3.05) is 14.2 Å². The molecule has 0 fully saturated rings. The van der Waals surface area contributed by atoms with Crippen molar-refractivity contribution < 1.29 is 13.9 Å². The van der Waals surface area contributed by atoms with Gasteiger partial charge >= 0.3 is 0 Å². The molecule has 0 amide bonds. The number of halogens is 1. The first-order valence-corrected chi connectivity index (χ1v) is 10.7. The average molecular weight is 436 g/mol. The smallest absolute Gasteiger partial charge is 0.196 e. The van der Waals surface area contributed by atoms with E-state index in [1.807, 2.05) is 41.8 Å². The first-order chi connectivity index (χ1) is 15.1. The van der Waals surface area contributed by atoms with Crippen LogP contribution in [0.3, 0.4) is 0 Å². The Labute approximate surface area is 184 Å². The van der Waals surface area contributed by atoms with Crippen LogP contribution in [-0.4, -0.2) is 29.0 Å². The lowest BCUT2D eigenvalue weighted by molar-refractivity contribution is 0.394. The van der Waals surface area contributed by atoms with Gasteiger partial charge in [0.2, 0.25) is 0 Å². The van der Waals surface area contributed by atoms with Crippen LogP contribution in [0.1, 0.15) is 11.1 Å². The van der Waals surface area contributed by atoms with Gasteiger partial charge in [0.25, 0.3) is 0 Å². The van der Waals surface area contributed by atoms with Gasteiger partial charge in [0.1, 0.15) is 17.3 Å². The van der Waals surface area contributed by atoms with Crippen molar-refractivity contribution in [2.24, 2.45) is 0 Å². The van der Waals surface area contributed by atoms with Crippen LogP contribution in [0.2, 0.25) is 0 Å². The molecule has 4 aromatic rings. The van der Waals surface area contributed by atoms with Crippen LogP contribution in [0.4, 0.5) is 4.39 Å². The lowest BCUT2D eigenvalue weighted by atomic mass is 10.1. The highest BCUT2D eigenvalue weighted by atomic mass is 32.2. The minimum atomic E-state index is -0.245. The molecule has 0 radical (unpaired) electrons. The van der Waals surface area contributed by atoms with Gasteiger partial charge in [-0.15, -0.1) is 10.2 Å². The number of hydrogen-bond donors (Lipinski definition) is 0. The van der Waals surface area contributed by atoms with E-state index in [0.29, 0.717) is 23.1 Å². The number of thioether (sulfide) groups is 1. The molecule has 7 heteroatoms. The maximum absolute atomic E-state index is 13.2. The van der Waals surface area contributed by atoms with Gasteiger partial charge in [0, 0.05) is 23.1 Å². The molecule has 1 heterocycles. The lowest BCUT2D eigenvalue weighted by Gasteiger charge is -2.12. The second-order valence-corrected chi connectivity index (χ2v) is 7.94. The van der Waals surface area contributed by atoms with Crippen molar-refractivity contribution in [3.05, 3.63) is 83.7 Å². The van der Waals surface area contributed by atoms with Crippen molar-refractivity contribution in [3.8, 4) is 28.6 Å². The largest absolute Gasteiger partial charge is 0.497 e. The van der Waals surface area contributed by atoms with Crippen LogP contribution in [0, 0.1) is 12.7 Å². The van der Waals surface area contributed by atoms with Crippen molar-refractivity contribution in [2.45, 2.75) is 17.8 Å². The normalized spacial score (nSPS) is 10.8. The van der Waals surface area contributed by atoms with Crippen LogP contribution in [-0.2, 0) is 5.75 Å². The Balaban J connectivity index is 1.77. The second-order valence-electron chi connectivity index (χ2n) is 6.99. The molecule has 0 bridgehead atoms. The zero-order valence-corrected chi connectivity index (χ0v) is 18.3. The van der Waals surface area contributed by atoms with Crippen LogP contribution in [0.15, 0.2) is 71.9 Å². The Kier molecular flexibility index (Phi) is 6.23. The highest BCUT2D eigenvalue weighted by Gasteiger charge is 2.18. The first kappa shape index (κ1) is 20.9. The maximum Gasteiger partial charge on any atom is 0.196 e. The topological polar surface area (TPSA) is 49.2 Å². The molecule has 0 N–H and O–H groups in total. The molecule has 0 aliphatic carbocycles. The summed E-state index contributed by atoms with van der Waals surface area (Å²) in [5.41, 5.74) is 3.96. The number of methoxy groups -OCH3 is 2. The summed E-state index contributed by atoms with van der Waals surface area (Å²) >= 11 is 1.54. The van der Waals surface area contributed by atoms with Crippen LogP contribution in [0.25, 0.3) is 17.1 Å². The number of ether oxygens (including phenoxy) is 2. The second kappa shape index (κ2) is 9.22. The lowest BCUT2D eigenvalue weighted by Crippen LogP contribution is -2.00. The summed E-state index contributed by atoms with van der Waals surface area (Å²) in [5, 5.41) is 9.68. The Morgan fingerprint density at radius 1 is 0.871 bits per heavy atom. The number of benzene rings is 3. The van der Waals surface area contributed by atoms with Crippen LogP contribution >= 0.6 is 11.8 Å². The van der Waals surface area contributed by atoms with Gasteiger partial charge in [-0.05, 0) is 48.9 Å². The SMILES string of the molecule is COc1cc(OC)cc(-c2nnc(SCc3ccc(F)cc3)n2-c2ccc(C)cc2)c1. The summed E-state index contributed by atoms with van der Waals surface area (Å²) in [7, 11) is 3.24. The molecule has 0 aliphatic rings. The van der Waals surface area contributed by atoms with Crippen molar-refractivity contribution in [1.29, 1.82) is 0 Å². The molecule has 0 saturated carbocycles. The van der Waals surface area contributed by atoms with E-state index in [9.17, 15) is 4.39 Å². The van der Waals surface area contributed by atoms with E-state index >= 15 is 0 Å². The fourth-order valence-electron chi connectivity index (χ4n) is 3.14. The van der Waals surface area contributed by atoms with Crippen LogP contribution < -0.4 is 9.47 Å². The van der Waals surface area contributed by atoms with E-state index in [1.165, 1.54) is 17.7 Å².